The number of benzene rings is 2. The van der Waals surface area contributed by atoms with Gasteiger partial charge in [0.05, 0.1) is 43.3 Å². The van der Waals surface area contributed by atoms with E-state index in [4.69, 9.17) is 20.8 Å². The van der Waals surface area contributed by atoms with Gasteiger partial charge in [-0.15, -0.1) is 0 Å². The van der Waals surface area contributed by atoms with Gasteiger partial charge < -0.3 is 19.0 Å². The number of morpholine rings is 1. The molecule has 1 aromatic heterocycles. The predicted molar refractivity (Wildman–Crippen MR) is 113 cm³/mol. The van der Waals surface area contributed by atoms with E-state index in [2.05, 4.69) is 0 Å². The summed E-state index contributed by atoms with van der Waals surface area (Å²) in [4.78, 5) is 30.0. The van der Waals surface area contributed by atoms with Crippen LogP contribution in [0.15, 0.2) is 57.7 Å². The van der Waals surface area contributed by atoms with Crippen molar-refractivity contribution in [3.8, 4) is 0 Å². The molecule has 3 aromatic rings. The van der Waals surface area contributed by atoms with E-state index in [0.717, 1.165) is 38.4 Å². The van der Waals surface area contributed by atoms with Crippen LogP contribution in [0.3, 0.4) is 0 Å². The Hall–Kier alpha value is -2.67. The molecule has 6 nitrogen and oxygen atoms in total. The van der Waals surface area contributed by atoms with E-state index in [0.29, 0.717) is 28.1 Å². The molecule has 0 aliphatic carbocycles. The second-order valence-electron chi connectivity index (χ2n) is 7.74. The van der Waals surface area contributed by atoms with Crippen LogP contribution in [-0.2, 0) is 4.74 Å². The number of amides is 1. The number of carbonyl (C=O) groups excluding carboxylic acids is 1. The summed E-state index contributed by atoms with van der Waals surface area (Å²) < 4.78 is 11.4. The molecule has 2 aliphatic heterocycles. The summed E-state index contributed by atoms with van der Waals surface area (Å²) >= 11 is 6.12. The maximum atomic E-state index is 13.4. The minimum Gasteiger partial charge on any atom is -0.450 e. The Morgan fingerprint density at radius 2 is 1.83 bits per heavy atom. The van der Waals surface area contributed by atoms with Gasteiger partial charge in [0.1, 0.15) is 18.7 Å². The predicted octanol–water partition coefficient (Wildman–Crippen LogP) is 1.91. The van der Waals surface area contributed by atoms with Crippen LogP contribution < -0.4 is 10.3 Å². The number of hydrogen-bond acceptors (Lipinski definition) is 4. The number of quaternary nitrogens is 1. The molecule has 3 heterocycles. The molecule has 0 radical (unpaired) electrons. The molecular formula is C23H22ClN2O4+. The average Bonchev–Trinajstić information content (AvgIpc) is 3.06. The number of nitrogens with one attached hydrogen (secondary N) is 1. The molecule has 1 N–H and O–H groups in total. The van der Waals surface area contributed by atoms with Crippen molar-refractivity contribution in [1.82, 2.24) is 4.90 Å². The molecule has 1 saturated heterocycles. The zero-order valence-electron chi connectivity index (χ0n) is 16.4. The summed E-state index contributed by atoms with van der Waals surface area (Å²) in [5, 5.41) is 0.860. The number of carbonyl (C=O) groups is 1. The van der Waals surface area contributed by atoms with Crippen molar-refractivity contribution in [3.63, 3.8) is 0 Å². The van der Waals surface area contributed by atoms with Crippen LogP contribution >= 0.6 is 11.6 Å². The molecule has 2 aliphatic rings. The van der Waals surface area contributed by atoms with E-state index < -0.39 is 6.04 Å². The SMILES string of the molecule is O=C1c2oc3ccc(Cl)cc3c(=O)c2[C@@H](c2ccccc2)N1CC[NH+]1CCOCC1. The van der Waals surface area contributed by atoms with Crippen LogP contribution in [0.25, 0.3) is 11.0 Å². The molecule has 0 spiro atoms. The van der Waals surface area contributed by atoms with Gasteiger partial charge in [0, 0.05) is 5.02 Å². The second kappa shape index (κ2) is 7.87. The van der Waals surface area contributed by atoms with Crippen LogP contribution in [0, 0.1) is 0 Å². The van der Waals surface area contributed by atoms with E-state index >= 15 is 0 Å². The van der Waals surface area contributed by atoms with Gasteiger partial charge in [0.2, 0.25) is 5.76 Å². The van der Waals surface area contributed by atoms with E-state index in [1.807, 2.05) is 30.3 Å². The number of fused-ring (bicyclic) bond motifs is 2. The van der Waals surface area contributed by atoms with Crippen molar-refractivity contribution in [2.45, 2.75) is 6.04 Å². The molecule has 154 valence electrons. The molecule has 0 saturated carbocycles. The lowest BCUT2D eigenvalue weighted by atomic mass is 9.98. The van der Waals surface area contributed by atoms with Crippen molar-refractivity contribution in [3.05, 3.63) is 80.7 Å². The molecule has 0 unspecified atom stereocenters. The van der Waals surface area contributed by atoms with Crippen LogP contribution in [0.1, 0.15) is 27.7 Å². The highest BCUT2D eigenvalue weighted by molar-refractivity contribution is 6.31. The van der Waals surface area contributed by atoms with Crippen molar-refractivity contribution < 1.29 is 18.8 Å². The summed E-state index contributed by atoms with van der Waals surface area (Å²) in [5.74, 6) is -0.0962. The van der Waals surface area contributed by atoms with Crippen LogP contribution in [-0.4, -0.2) is 50.2 Å². The fraction of sp³-hybridized carbons (Fsp3) is 0.304. The third kappa shape index (κ3) is 3.31. The average molecular weight is 426 g/mol. The van der Waals surface area contributed by atoms with Gasteiger partial charge in [0.15, 0.2) is 5.43 Å². The Balaban J connectivity index is 1.60. The maximum absolute atomic E-state index is 13.4. The van der Waals surface area contributed by atoms with Crippen molar-refractivity contribution in [2.75, 3.05) is 39.4 Å². The monoisotopic (exact) mass is 425 g/mol. The molecule has 5 rings (SSSR count). The van der Waals surface area contributed by atoms with Gasteiger partial charge in [-0.2, -0.15) is 0 Å². The Morgan fingerprint density at radius 3 is 2.60 bits per heavy atom. The first-order valence-electron chi connectivity index (χ1n) is 10.2. The van der Waals surface area contributed by atoms with Gasteiger partial charge in [-0.05, 0) is 23.8 Å². The van der Waals surface area contributed by atoms with Crippen LogP contribution in [0.5, 0.6) is 0 Å². The number of hydrogen-bond donors (Lipinski definition) is 1. The molecule has 30 heavy (non-hydrogen) atoms. The van der Waals surface area contributed by atoms with E-state index in [1.165, 1.54) is 4.90 Å². The molecule has 1 atom stereocenters. The lowest BCUT2D eigenvalue weighted by molar-refractivity contribution is -0.907. The fourth-order valence-corrected chi connectivity index (χ4v) is 4.57. The van der Waals surface area contributed by atoms with Gasteiger partial charge in [-0.25, -0.2) is 0 Å². The third-order valence-electron chi connectivity index (χ3n) is 5.95. The zero-order valence-corrected chi connectivity index (χ0v) is 17.2. The topological polar surface area (TPSA) is 64.2 Å². The van der Waals surface area contributed by atoms with Crippen molar-refractivity contribution in [1.29, 1.82) is 0 Å². The highest BCUT2D eigenvalue weighted by atomic mass is 35.5. The molecule has 1 fully saturated rings. The molecular weight excluding hydrogens is 404 g/mol. The number of nitrogens with zero attached hydrogens (tertiary/aromatic N) is 1. The standard InChI is InChI=1S/C23H21ClN2O4/c24-16-6-7-18-17(14-16)21(27)19-20(15-4-2-1-3-5-15)26(23(28)22(19)30-18)9-8-25-10-12-29-13-11-25/h1-7,14,20H,8-13H2/p+1/t20-/m1/s1. The second-order valence-corrected chi connectivity index (χ2v) is 8.18. The number of halogens is 1. The van der Waals surface area contributed by atoms with Crippen molar-refractivity contribution in [2.24, 2.45) is 0 Å². The normalized spacial score (nSPS) is 19.4. The minimum absolute atomic E-state index is 0.139. The first-order chi connectivity index (χ1) is 14.6. The van der Waals surface area contributed by atoms with Crippen LogP contribution in [0.2, 0.25) is 5.02 Å². The maximum Gasteiger partial charge on any atom is 0.291 e. The Morgan fingerprint density at radius 1 is 1.07 bits per heavy atom. The Kier molecular flexibility index (Phi) is 5.06. The Bertz CT molecular complexity index is 1160. The van der Waals surface area contributed by atoms with Gasteiger partial charge in [-0.3, -0.25) is 9.59 Å². The van der Waals surface area contributed by atoms with E-state index in [-0.39, 0.29) is 17.1 Å². The zero-order chi connectivity index (χ0) is 20.7. The molecule has 2 aromatic carbocycles. The highest BCUT2D eigenvalue weighted by Gasteiger charge is 2.43. The summed E-state index contributed by atoms with van der Waals surface area (Å²) in [6.45, 7) is 4.64. The highest BCUT2D eigenvalue weighted by Crippen LogP contribution is 2.37. The first-order valence-corrected chi connectivity index (χ1v) is 10.5. The lowest BCUT2D eigenvalue weighted by Crippen LogP contribution is -3.14. The smallest absolute Gasteiger partial charge is 0.291 e. The van der Waals surface area contributed by atoms with Gasteiger partial charge in [-0.1, -0.05) is 41.9 Å². The number of rotatable bonds is 4. The molecule has 7 heteroatoms. The largest absolute Gasteiger partial charge is 0.450 e. The summed E-state index contributed by atoms with van der Waals surface area (Å²) in [6, 6.07) is 14.1. The summed E-state index contributed by atoms with van der Waals surface area (Å²) in [5.41, 5.74) is 1.48. The van der Waals surface area contributed by atoms with Gasteiger partial charge >= 0.3 is 0 Å². The minimum atomic E-state index is -0.464. The molecule has 0 bridgehead atoms. The Labute approximate surface area is 178 Å². The van der Waals surface area contributed by atoms with Crippen molar-refractivity contribution >= 4 is 28.5 Å². The summed E-state index contributed by atoms with van der Waals surface area (Å²) in [6.07, 6.45) is 0. The van der Waals surface area contributed by atoms with Gasteiger partial charge in [0.25, 0.3) is 5.91 Å². The van der Waals surface area contributed by atoms with E-state index in [1.54, 1.807) is 23.1 Å². The fourth-order valence-electron chi connectivity index (χ4n) is 4.39. The summed E-state index contributed by atoms with van der Waals surface area (Å²) in [7, 11) is 0. The van der Waals surface area contributed by atoms with E-state index in [9.17, 15) is 9.59 Å². The van der Waals surface area contributed by atoms with Crippen LogP contribution in [0.4, 0.5) is 0 Å². The third-order valence-corrected chi connectivity index (χ3v) is 6.18. The molecule has 1 amide bonds. The first kappa shape index (κ1) is 19.3. The quantitative estimate of drug-likeness (QED) is 0.693. The number of ether oxygens (including phenoxy) is 1. The lowest BCUT2D eigenvalue weighted by Gasteiger charge is -2.29.